The summed E-state index contributed by atoms with van der Waals surface area (Å²) >= 11 is 5.58. The average Bonchev–Trinajstić information content (AvgIpc) is 2.65. The van der Waals surface area contributed by atoms with Gasteiger partial charge in [0.2, 0.25) is 0 Å². The van der Waals surface area contributed by atoms with Crippen molar-refractivity contribution in [2.45, 2.75) is 46.1 Å². The first kappa shape index (κ1) is 12.9. The Hall–Kier alpha value is -1.09. The van der Waals surface area contributed by atoms with E-state index in [-0.39, 0.29) is 0 Å². The number of aromatic nitrogens is 2. The van der Waals surface area contributed by atoms with Gasteiger partial charge in [0.05, 0.1) is 11.0 Å². The second kappa shape index (κ2) is 4.78. The SMILES string of the molecule is Cc1cccc2c1[nH]c(=S)n2C1CC(C)CC(C)C1. The zero-order valence-corrected chi connectivity index (χ0v) is 12.8. The number of fused-ring (bicyclic) bond motifs is 1. The molecule has 0 spiro atoms. The summed E-state index contributed by atoms with van der Waals surface area (Å²) in [6.45, 7) is 6.88. The van der Waals surface area contributed by atoms with Crippen LogP contribution in [0.5, 0.6) is 0 Å². The van der Waals surface area contributed by atoms with Crippen LogP contribution in [0.4, 0.5) is 0 Å². The van der Waals surface area contributed by atoms with E-state index < -0.39 is 0 Å². The quantitative estimate of drug-likeness (QED) is 0.725. The summed E-state index contributed by atoms with van der Waals surface area (Å²) in [5.41, 5.74) is 3.76. The monoisotopic (exact) mass is 274 g/mol. The number of rotatable bonds is 1. The predicted molar refractivity (Wildman–Crippen MR) is 83.1 cm³/mol. The fourth-order valence-corrected chi connectivity index (χ4v) is 4.12. The highest BCUT2D eigenvalue weighted by molar-refractivity contribution is 7.71. The number of benzene rings is 1. The molecule has 2 nitrogen and oxygen atoms in total. The van der Waals surface area contributed by atoms with Crippen molar-refractivity contribution in [1.29, 1.82) is 0 Å². The van der Waals surface area contributed by atoms with Gasteiger partial charge in [-0.2, -0.15) is 0 Å². The topological polar surface area (TPSA) is 20.7 Å². The van der Waals surface area contributed by atoms with Crippen molar-refractivity contribution in [3.05, 3.63) is 28.5 Å². The van der Waals surface area contributed by atoms with Gasteiger partial charge in [-0.1, -0.05) is 26.0 Å². The zero-order chi connectivity index (χ0) is 13.6. The van der Waals surface area contributed by atoms with E-state index in [0.717, 1.165) is 16.6 Å². The van der Waals surface area contributed by atoms with Gasteiger partial charge in [-0.3, -0.25) is 0 Å². The molecule has 1 aromatic heterocycles. The van der Waals surface area contributed by atoms with E-state index in [1.165, 1.54) is 35.9 Å². The molecule has 1 N–H and O–H groups in total. The summed E-state index contributed by atoms with van der Waals surface area (Å²) in [6.07, 6.45) is 3.85. The van der Waals surface area contributed by atoms with Gasteiger partial charge in [0.1, 0.15) is 0 Å². The van der Waals surface area contributed by atoms with E-state index in [1.807, 2.05) is 0 Å². The Morgan fingerprint density at radius 3 is 2.53 bits per heavy atom. The molecule has 1 aromatic carbocycles. The van der Waals surface area contributed by atoms with Gasteiger partial charge in [0, 0.05) is 6.04 Å². The second-order valence-corrected chi connectivity index (χ2v) is 6.73. The minimum Gasteiger partial charge on any atom is -0.330 e. The highest BCUT2D eigenvalue weighted by Crippen LogP contribution is 2.37. The van der Waals surface area contributed by atoms with E-state index in [2.05, 4.69) is 48.5 Å². The number of H-pyrrole nitrogens is 1. The number of aromatic amines is 1. The third-order valence-corrected chi connectivity index (χ3v) is 4.78. The maximum Gasteiger partial charge on any atom is 0.178 e. The van der Waals surface area contributed by atoms with Crippen molar-refractivity contribution in [2.24, 2.45) is 11.8 Å². The number of aryl methyl sites for hydroxylation is 1. The molecular formula is C16H22N2S. The maximum absolute atomic E-state index is 5.58. The Bertz CT molecular complexity index is 642. The molecule has 0 radical (unpaired) electrons. The van der Waals surface area contributed by atoms with Gasteiger partial charge in [0.25, 0.3) is 0 Å². The van der Waals surface area contributed by atoms with Crippen molar-refractivity contribution in [1.82, 2.24) is 9.55 Å². The van der Waals surface area contributed by atoms with Crippen molar-refractivity contribution >= 4 is 23.3 Å². The van der Waals surface area contributed by atoms with Gasteiger partial charge >= 0.3 is 0 Å². The molecule has 1 heterocycles. The van der Waals surface area contributed by atoms with Gasteiger partial charge in [-0.05, 0) is 61.9 Å². The van der Waals surface area contributed by atoms with Crippen molar-refractivity contribution in [2.75, 3.05) is 0 Å². The molecule has 2 unspecified atom stereocenters. The Morgan fingerprint density at radius 2 is 1.84 bits per heavy atom. The molecule has 19 heavy (non-hydrogen) atoms. The highest BCUT2D eigenvalue weighted by Gasteiger charge is 2.26. The Morgan fingerprint density at radius 1 is 1.16 bits per heavy atom. The third-order valence-electron chi connectivity index (χ3n) is 4.48. The first-order valence-corrected chi connectivity index (χ1v) is 7.67. The predicted octanol–water partition coefficient (Wildman–Crippen LogP) is 5.00. The van der Waals surface area contributed by atoms with Crippen molar-refractivity contribution < 1.29 is 0 Å². The average molecular weight is 274 g/mol. The molecule has 3 heteroatoms. The molecular weight excluding hydrogens is 252 g/mol. The summed E-state index contributed by atoms with van der Waals surface area (Å²) in [4.78, 5) is 3.40. The molecule has 2 aromatic rings. The summed E-state index contributed by atoms with van der Waals surface area (Å²) in [5, 5.41) is 0. The number of hydrogen-bond donors (Lipinski definition) is 1. The van der Waals surface area contributed by atoms with Crippen LogP contribution in [-0.2, 0) is 0 Å². The van der Waals surface area contributed by atoms with E-state index in [1.54, 1.807) is 0 Å². The molecule has 2 atom stereocenters. The lowest BCUT2D eigenvalue weighted by Gasteiger charge is -2.32. The third kappa shape index (κ3) is 2.25. The van der Waals surface area contributed by atoms with Crippen LogP contribution in [0.3, 0.4) is 0 Å². The van der Waals surface area contributed by atoms with E-state index >= 15 is 0 Å². The molecule has 1 aliphatic carbocycles. The Labute approximate surface area is 119 Å². The first-order chi connectivity index (χ1) is 9.06. The fourth-order valence-electron chi connectivity index (χ4n) is 3.77. The van der Waals surface area contributed by atoms with Gasteiger partial charge in [-0.15, -0.1) is 0 Å². The van der Waals surface area contributed by atoms with Gasteiger partial charge < -0.3 is 9.55 Å². The second-order valence-electron chi connectivity index (χ2n) is 6.34. The Balaban J connectivity index is 2.12. The standard InChI is InChI=1S/C16H22N2S/c1-10-7-11(2)9-13(8-10)18-14-6-4-5-12(3)15(14)17-16(18)19/h4-6,10-11,13H,7-9H2,1-3H3,(H,17,19). The molecule has 0 bridgehead atoms. The van der Waals surface area contributed by atoms with Crippen LogP contribution in [0.1, 0.15) is 44.7 Å². The van der Waals surface area contributed by atoms with Crippen LogP contribution < -0.4 is 0 Å². The molecule has 102 valence electrons. The number of nitrogens with zero attached hydrogens (tertiary/aromatic N) is 1. The van der Waals surface area contributed by atoms with Gasteiger partial charge in [-0.25, -0.2) is 0 Å². The first-order valence-electron chi connectivity index (χ1n) is 7.26. The van der Waals surface area contributed by atoms with Crippen LogP contribution in [-0.4, -0.2) is 9.55 Å². The smallest absolute Gasteiger partial charge is 0.178 e. The zero-order valence-electron chi connectivity index (χ0n) is 11.9. The van der Waals surface area contributed by atoms with Crippen LogP contribution in [0, 0.1) is 23.5 Å². The van der Waals surface area contributed by atoms with Crippen molar-refractivity contribution in [3.63, 3.8) is 0 Å². The molecule has 0 aliphatic heterocycles. The summed E-state index contributed by atoms with van der Waals surface area (Å²) in [5.74, 6) is 1.59. The van der Waals surface area contributed by atoms with Crippen LogP contribution in [0.2, 0.25) is 0 Å². The molecule has 1 aliphatic rings. The molecule has 1 fully saturated rings. The number of hydrogen-bond acceptors (Lipinski definition) is 1. The number of imidazole rings is 1. The summed E-state index contributed by atoms with van der Waals surface area (Å²) < 4.78 is 3.25. The minimum absolute atomic E-state index is 0.557. The normalized spacial score (nSPS) is 27.8. The van der Waals surface area contributed by atoms with Crippen LogP contribution in [0.15, 0.2) is 18.2 Å². The lowest BCUT2D eigenvalue weighted by atomic mass is 9.80. The lowest BCUT2D eigenvalue weighted by Crippen LogP contribution is -2.22. The lowest BCUT2D eigenvalue weighted by molar-refractivity contribution is 0.223. The highest BCUT2D eigenvalue weighted by atomic mass is 32.1. The molecule has 1 saturated carbocycles. The van der Waals surface area contributed by atoms with Crippen LogP contribution >= 0.6 is 12.2 Å². The van der Waals surface area contributed by atoms with E-state index in [0.29, 0.717) is 6.04 Å². The minimum atomic E-state index is 0.557. The summed E-state index contributed by atoms with van der Waals surface area (Å²) in [6, 6.07) is 7.02. The molecule has 3 rings (SSSR count). The molecule has 0 saturated heterocycles. The van der Waals surface area contributed by atoms with Crippen LogP contribution in [0.25, 0.3) is 11.0 Å². The van der Waals surface area contributed by atoms with Gasteiger partial charge in [0.15, 0.2) is 4.77 Å². The number of nitrogens with one attached hydrogen (secondary N) is 1. The largest absolute Gasteiger partial charge is 0.330 e. The summed E-state index contributed by atoms with van der Waals surface area (Å²) in [7, 11) is 0. The van der Waals surface area contributed by atoms with E-state index in [9.17, 15) is 0 Å². The fraction of sp³-hybridized carbons (Fsp3) is 0.562. The molecule has 0 amide bonds. The van der Waals surface area contributed by atoms with Crippen molar-refractivity contribution in [3.8, 4) is 0 Å². The maximum atomic E-state index is 5.58. The number of para-hydroxylation sites is 1. The van der Waals surface area contributed by atoms with E-state index in [4.69, 9.17) is 12.2 Å². The Kier molecular flexibility index (Phi) is 3.25.